The molecule has 7 heteroatoms. The van der Waals surface area contributed by atoms with Crippen molar-refractivity contribution < 1.29 is 14.6 Å². The van der Waals surface area contributed by atoms with Crippen molar-refractivity contribution in [3.8, 4) is 0 Å². The fourth-order valence-electron chi connectivity index (χ4n) is 1.56. The van der Waals surface area contributed by atoms with E-state index in [9.17, 15) is 0 Å². The Labute approximate surface area is 127 Å². The molecule has 2 aromatic carbocycles. The highest BCUT2D eigenvalue weighted by molar-refractivity contribution is 7.94. The molecule has 0 amide bonds. The minimum Gasteiger partial charge on any atom is -0.378 e. The molecule has 0 fully saturated rings. The minimum atomic E-state index is 0.723. The zero-order chi connectivity index (χ0) is 15.1. The van der Waals surface area contributed by atoms with Gasteiger partial charge in [-0.15, -0.1) is 4.33 Å². The SMILES string of the molecule is CN(C)c1ccc(N=Nc2ccc(SOOO)cc2)cc1. The van der Waals surface area contributed by atoms with Crippen LogP contribution in [-0.4, -0.2) is 19.4 Å². The zero-order valence-electron chi connectivity index (χ0n) is 11.6. The predicted octanol–water partition coefficient (Wildman–Crippen LogP) is 4.60. The van der Waals surface area contributed by atoms with Crippen LogP contribution in [0.4, 0.5) is 17.1 Å². The molecule has 1 N–H and O–H groups in total. The second-order valence-corrected chi connectivity index (χ2v) is 5.10. The molecule has 0 radical (unpaired) electrons. The number of nitrogens with zero attached hydrogens (tertiary/aromatic N) is 3. The fraction of sp³-hybridized carbons (Fsp3) is 0.143. The van der Waals surface area contributed by atoms with E-state index < -0.39 is 0 Å². The summed E-state index contributed by atoms with van der Waals surface area (Å²) >= 11 is 0.899. The zero-order valence-corrected chi connectivity index (χ0v) is 12.4. The summed E-state index contributed by atoms with van der Waals surface area (Å²) in [4.78, 5) is 2.80. The molecule has 0 saturated carbocycles. The first-order valence-corrected chi connectivity index (χ1v) is 6.87. The summed E-state index contributed by atoms with van der Waals surface area (Å²) in [5.74, 6) is 0. The monoisotopic (exact) mass is 305 g/mol. The van der Waals surface area contributed by atoms with Gasteiger partial charge in [0.15, 0.2) is 0 Å². The van der Waals surface area contributed by atoms with E-state index in [4.69, 9.17) is 5.26 Å². The Balaban J connectivity index is 2.00. The number of anilines is 1. The third-order valence-corrected chi connectivity index (χ3v) is 3.24. The van der Waals surface area contributed by atoms with Gasteiger partial charge in [-0.25, -0.2) is 5.26 Å². The molecular weight excluding hydrogens is 290 g/mol. The lowest BCUT2D eigenvalue weighted by molar-refractivity contribution is -0.432. The summed E-state index contributed by atoms with van der Waals surface area (Å²) in [7, 11) is 3.98. The number of benzene rings is 2. The quantitative estimate of drug-likeness (QED) is 0.366. The lowest BCUT2D eigenvalue weighted by atomic mass is 10.3. The Bertz CT molecular complexity index is 585. The van der Waals surface area contributed by atoms with Crippen LogP contribution < -0.4 is 4.90 Å². The molecule has 0 spiro atoms. The van der Waals surface area contributed by atoms with E-state index >= 15 is 0 Å². The lowest BCUT2D eigenvalue weighted by Gasteiger charge is -2.11. The fourth-order valence-corrected chi connectivity index (χ4v) is 1.91. The molecule has 6 nitrogen and oxygen atoms in total. The van der Waals surface area contributed by atoms with Crippen LogP contribution in [0.2, 0.25) is 0 Å². The summed E-state index contributed by atoms with van der Waals surface area (Å²) in [6.45, 7) is 0. The van der Waals surface area contributed by atoms with Crippen LogP contribution in [-0.2, 0) is 9.37 Å². The Kier molecular flexibility index (Phi) is 5.70. The average molecular weight is 305 g/mol. The third-order valence-electron chi connectivity index (χ3n) is 2.64. The maximum absolute atomic E-state index is 8.07. The first kappa shape index (κ1) is 15.5. The van der Waals surface area contributed by atoms with E-state index in [1.807, 2.05) is 43.3 Å². The second-order valence-electron chi connectivity index (χ2n) is 4.33. The van der Waals surface area contributed by atoms with Gasteiger partial charge in [0.1, 0.15) is 0 Å². The van der Waals surface area contributed by atoms with Crippen molar-refractivity contribution in [2.24, 2.45) is 10.2 Å². The Hall–Kier alpha value is -1.93. The van der Waals surface area contributed by atoms with Gasteiger partial charge in [0, 0.05) is 24.7 Å². The normalized spacial score (nSPS) is 11.0. The van der Waals surface area contributed by atoms with Gasteiger partial charge in [0.2, 0.25) is 0 Å². The number of rotatable bonds is 6. The molecule has 0 unspecified atom stereocenters. The molecule has 0 aliphatic heterocycles. The van der Waals surface area contributed by atoms with Gasteiger partial charge in [-0.1, -0.05) is 5.04 Å². The molecule has 110 valence electrons. The molecule has 0 aromatic heterocycles. The number of azo groups is 1. The van der Waals surface area contributed by atoms with Crippen LogP contribution >= 0.6 is 12.0 Å². The maximum Gasteiger partial charge on any atom is 0.0858 e. The van der Waals surface area contributed by atoms with Gasteiger partial charge in [0.05, 0.1) is 23.4 Å². The smallest absolute Gasteiger partial charge is 0.0858 e. The molecule has 21 heavy (non-hydrogen) atoms. The van der Waals surface area contributed by atoms with Crippen molar-refractivity contribution in [2.45, 2.75) is 4.90 Å². The van der Waals surface area contributed by atoms with Crippen molar-refractivity contribution >= 4 is 29.1 Å². The van der Waals surface area contributed by atoms with Crippen LogP contribution in [0.5, 0.6) is 0 Å². The van der Waals surface area contributed by atoms with Gasteiger partial charge in [-0.05, 0) is 48.5 Å². The van der Waals surface area contributed by atoms with Crippen molar-refractivity contribution in [3.05, 3.63) is 48.5 Å². The van der Waals surface area contributed by atoms with E-state index in [1.54, 1.807) is 24.3 Å². The standard InChI is InChI=1S/C14H15N3O3S/c1-17(2)13-7-3-11(4-8-13)15-16-12-5-9-14(10-6-12)21-20-19-18/h3-10,18H,1-2H3. The van der Waals surface area contributed by atoms with E-state index in [0.717, 1.165) is 34.0 Å². The molecule has 0 saturated heterocycles. The van der Waals surface area contributed by atoms with E-state index in [1.165, 1.54) is 0 Å². The van der Waals surface area contributed by atoms with Crippen LogP contribution in [0.25, 0.3) is 0 Å². The average Bonchev–Trinajstić information content (AvgIpc) is 2.52. The van der Waals surface area contributed by atoms with Crippen LogP contribution in [0.15, 0.2) is 63.7 Å². The first-order chi connectivity index (χ1) is 10.2. The minimum absolute atomic E-state index is 0.723. The lowest BCUT2D eigenvalue weighted by Crippen LogP contribution is -2.07. The largest absolute Gasteiger partial charge is 0.378 e. The van der Waals surface area contributed by atoms with Gasteiger partial charge in [-0.2, -0.15) is 10.2 Å². The third kappa shape index (κ3) is 4.83. The van der Waals surface area contributed by atoms with Crippen molar-refractivity contribution in [1.82, 2.24) is 0 Å². The number of hydrogen-bond acceptors (Lipinski definition) is 7. The molecule has 0 bridgehead atoms. The second kappa shape index (κ2) is 7.75. The van der Waals surface area contributed by atoms with Gasteiger partial charge < -0.3 is 4.90 Å². The molecule has 2 rings (SSSR count). The molecule has 0 aliphatic carbocycles. The molecular formula is C14H15N3O3S. The molecule has 0 heterocycles. The Morgan fingerprint density at radius 3 is 1.90 bits per heavy atom. The van der Waals surface area contributed by atoms with E-state index in [0.29, 0.717) is 0 Å². The summed E-state index contributed by atoms with van der Waals surface area (Å²) in [6, 6.07) is 15.0. The molecule has 0 atom stereocenters. The summed E-state index contributed by atoms with van der Waals surface area (Å²) in [5, 5.41) is 19.9. The predicted molar refractivity (Wildman–Crippen MR) is 82.0 cm³/mol. The van der Waals surface area contributed by atoms with Crippen molar-refractivity contribution in [2.75, 3.05) is 19.0 Å². The highest BCUT2D eigenvalue weighted by Crippen LogP contribution is 2.24. The highest BCUT2D eigenvalue weighted by atomic mass is 32.2. The number of hydrogen-bond donors (Lipinski definition) is 1. The molecule has 0 aliphatic rings. The van der Waals surface area contributed by atoms with Gasteiger partial charge in [0.25, 0.3) is 0 Å². The highest BCUT2D eigenvalue weighted by Gasteiger charge is 1.97. The summed E-state index contributed by atoms with van der Waals surface area (Å²) in [5.41, 5.74) is 2.62. The van der Waals surface area contributed by atoms with Crippen molar-refractivity contribution in [3.63, 3.8) is 0 Å². The first-order valence-electron chi connectivity index (χ1n) is 6.13. The molecule has 2 aromatic rings. The topological polar surface area (TPSA) is 66.7 Å². The Morgan fingerprint density at radius 1 is 0.905 bits per heavy atom. The van der Waals surface area contributed by atoms with Crippen LogP contribution in [0.3, 0.4) is 0 Å². The van der Waals surface area contributed by atoms with Crippen molar-refractivity contribution in [1.29, 1.82) is 0 Å². The van der Waals surface area contributed by atoms with Crippen LogP contribution in [0, 0.1) is 0 Å². The van der Waals surface area contributed by atoms with Crippen LogP contribution in [0.1, 0.15) is 0 Å². The van der Waals surface area contributed by atoms with Gasteiger partial charge >= 0.3 is 0 Å². The van der Waals surface area contributed by atoms with Gasteiger partial charge in [-0.3, -0.25) is 0 Å². The Morgan fingerprint density at radius 2 is 1.43 bits per heavy atom. The maximum atomic E-state index is 8.07. The summed E-state index contributed by atoms with van der Waals surface area (Å²) < 4.78 is 4.33. The van der Waals surface area contributed by atoms with E-state index in [2.05, 4.69) is 19.6 Å². The van der Waals surface area contributed by atoms with E-state index in [-0.39, 0.29) is 0 Å². The summed E-state index contributed by atoms with van der Waals surface area (Å²) in [6.07, 6.45) is 0.